The number of fused-ring (bicyclic) bond motifs is 2. The van der Waals surface area contributed by atoms with Gasteiger partial charge in [0.15, 0.2) is 0 Å². The molecule has 0 bridgehead atoms. The lowest BCUT2D eigenvalue weighted by molar-refractivity contribution is -0.136. The van der Waals surface area contributed by atoms with E-state index >= 15 is 0 Å². The molecule has 1 aromatic heterocycles. The zero-order chi connectivity index (χ0) is 16.6. The average molecular weight is 309 g/mol. The number of benzene rings is 2. The Hall–Kier alpha value is -3.31. The van der Waals surface area contributed by atoms with E-state index in [1.807, 2.05) is 0 Å². The predicted molar refractivity (Wildman–Crippen MR) is 84.9 cm³/mol. The number of hydrogen-bond donors (Lipinski definition) is 1. The van der Waals surface area contributed by atoms with Crippen molar-refractivity contribution in [3.63, 3.8) is 0 Å². The highest BCUT2D eigenvalue weighted by atomic mass is 16.4. The Balaban J connectivity index is 2.46. The highest BCUT2D eigenvalue weighted by Gasteiger charge is 2.15. The van der Waals surface area contributed by atoms with Gasteiger partial charge in [0.2, 0.25) is 5.43 Å². The maximum Gasteiger partial charge on any atom is 0.307 e. The van der Waals surface area contributed by atoms with Gasteiger partial charge in [0.05, 0.1) is 17.2 Å². The van der Waals surface area contributed by atoms with Crippen molar-refractivity contribution in [3.8, 4) is 0 Å². The molecule has 0 unspecified atom stereocenters. The van der Waals surface area contributed by atoms with E-state index in [0.717, 1.165) is 0 Å². The minimum Gasteiger partial charge on any atom is -0.481 e. The second-order valence-electron chi connectivity index (χ2n) is 5.07. The predicted octanol–water partition coefficient (Wildman–Crippen LogP) is 3.82. The third-order valence-electron chi connectivity index (χ3n) is 3.66. The SMILES string of the molecule is Cc1c(N=[N+]=[N-])ccc2c(=O)c3cccc(CC(=O)O)c3oc12. The largest absolute Gasteiger partial charge is 0.481 e. The molecule has 1 heterocycles. The topological polar surface area (TPSA) is 116 Å². The Morgan fingerprint density at radius 2 is 2.00 bits per heavy atom. The summed E-state index contributed by atoms with van der Waals surface area (Å²) in [6.07, 6.45) is -0.249. The molecule has 0 saturated carbocycles. The first-order valence-electron chi connectivity index (χ1n) is 6.78. The molecule has 0 aliphatic heterocycles. The van der Waals surface area contributed by atoms with Gasteiger partial charge in [-0.25, -0.2) is 0 Å². The van der Waals surface area contributed by atoms with E-state index in [-0.39, 0.29) is 17.4 Å². The molecular formula is C16H11N3O4. The van der Waals surface area contributed by atoms with E-state index in [1.165, 1.54) is 0 Å². The van der Waals surface area contributed by atoms with Crippen LogP contribution in [0.1, 0.15) is 11.1 Å². The molecule has 114 valence electrons. The normalized spacial score (nSPS) is 10.7. The minimum atomic E-state index is -1.01. The number of carboxylic acid groups (broad SMARTS) is 1. The van der Waals surface area contributed by atoms with Gasteiger partial charge in [-0.05, 0) is 24.6 Å². The summed E-state index contributed by atoms with van der Waals surface area (Å²) in [4.78, 5) is 26.4. The highest BCUT2D eigenvalue weighted by molar-refractivity contribution is 5.94. The number of rotatable bonds is 3. The first-order chi connectivity index (χ1) is 11.0. The van der Waals surface area contributed by atoms with Gasteiger partial charge in [0.1, 0.15) is 11.2 Å². The summed E-state index contributed by atoms with van der Waals surface area (Å²) < 4.78 is 5.83. The van der Waals surface area contributed by atoms with Crippen LogP contribution in [0.3, 0.4) is 0 Å². The second kappa shape index (κ2) is 5.47. The molecule has 0 spiro atoms. The fourth-order valence-electron chi connectivity index (χ4n) is 2.58. The summed E-state index contributed by atoms with van der Waals surface area (Å²) in [5, 5.41) is 13.3. The maximum absolute atomic E-state index is 12.6. The monoisotopic (exact) mass is 309 g/mol. The lowest BCUT2D eigenvalue weighted by Gasteiger charge is -2.08. The molecular weight excluding hydrogens is 298 g/mol. The second-order valence-corrected chi connectivity index (χ2v) is 5.07. The van der Waals surface area contributed by atoms with Crippen molar-refractivity contribution >= 4 is 33.6 Å². The van der Waals surface area contributed by atoms with Crippen molar-refractivity contribution < 1.29 is 14.3 Å². The van der Waals surface area contributed by atoms with E-state index in [2.05, 4.69) is 10.0 Å². The Kier molecular flexibility index (Phi) is 3.48. The molecule has 1 N–H and O–H groups in total. The molecule has 0 amide bonds. The van der Waals surface area contributed by atoms with Crippen LogP contribution in [0.25, 0.3) is 32.4 Å². The van der Waals surface area contributed by atoms with E-state index < -0.39 is 5.97 Å². The zero-order valence-corrected chi connectivity index (χ0v) is 12.1. The lowest BCUT2D eigenvalue weighted by Crippen LogP contribution is -2.06. The van der Waals surface area contributed by atoms with Crippen molar-refractivity contribution in [2.24, 2.45) is 5.11 Å². The molecule has 0 aliphatic rings. The molecule has 7 nitrogen and oxygen atoms in total. The zero-order valence-electron chi connectivity index (χ0n) is 12.1. The molecule has 0 saturated heterocycles. The molecule has 0 aliphatic carbocycles. The van der Waals surface area contributed by atoms with Gasteiger partial charge in [-0.2, -0.15) is 0 Å². The highest BCUT2D eigenvalue weighted by Crippen LogP contribution is 2.29. The number of carbonyl (C=O) groups is 1. The van der Waals surface area contributed by atoms with Crippen LogP contribution < -0.4 is 5.43 Å². The quantitative estimate of drug-likeness (QED) is 0.342. The van der Waals surface area contributed by atoms with E-state index in [9.17, 15) is 9.59 Å². The van der Waals surface area contributed by atoms with E-state index in [1.54, 1.807) is 37.3 Å². The van der Waals surface area contributed by atoms with Crippen LogP contribution >= 0.6 is 0 Å². The van der Waals surface area contributed by atoms with Crippen molar-refractivity contribution in [1.29, 1.82) is 0 Å². The average Bonchev–Trinajstić information content (AvgIpc) is 2.51. The molecule has 3 rings (SSSR count). The molecule has 0 atom stereocenters. The lowest BCUT2D eigenvalue weighted by atomic mass is 10.0. The maximum atomic E-state index is 12.6. The molecule has 0 fully saturated rings. The van der Waals surface area contributed by atoms with Crippen LogP contribution in [0.5, 0.6) is 0 Å². The van der Waals surface area contributed by atoms with Gasteiger partial charge in [-0.3, -0.25) is 9.59 Å². The Labute approximate surface area is 129 Å². The van der Waals surface area contributed by atoms with Crippen molar-refractivity contribution in [1.82, 2.24) is 0 Å². The first-order valence-corrected chi connectivity index (χ1v) is 6.78. The minimum absolute atomic E-state index is 0.244. The standard InChI is InChI=1S/C16H11N3O4/c1-8-12(18-19-17)6-5-11-14(22)10-4-2-3-9(7-13(20)21)16(10)23-15(8)11/h2-6H,7H2,1H3,(H,20,21). The number of azide groups is 1. The summed E-state index contributed by atoms with van der Waals surface area (Å²) in [5.41, 5.74) is 10.2. The first kappa shape index (κ1) is 14.6. The third-order valence-corrected chi connectivity index (χ3v) is 3.66. The number of hydrogen-bond acceptors (Lipinski definition) is 4. The Morgan fingerprint density at radius 3 is 2.70 bits per heavy atom. The fraction of sp³-hybridized carbons (Fsp3) is 0.125. The number of aliphatic carboxylic acids is 1. The number of nitrogens with zero attached hydrogens (tertiary/aromatic N) is 3. The van der Waals surface area contributed by atoms with Gasteiger partial charge in [-0.15, -0.1) is 0 Å². The van der Waals surface area contributed by atoms with Crippen LogP contribution in [0.4, 0.5) is 5.69 Å². The van der Waals surface area contributed by atoms with Gasteiger partial charge in [0, 0.05) is 21.7 Å². The third kappa shape index (κ3) is 2.39. The van der Waals surface area contributed by atoms with Gasteiger partial charge < -0.3 is 9.52 Å². The van der Waals surface area contributed by atoms with E-state index in [0.29, 0.717) is 33.2 Å². The number of aryl methyl sites for hydroxylation is 1. The number of carboxylic acids is 1. The van der Waals surface area contributed by atoms with Crippen LogP contribution in [-0.2, 0) is 11.2 Å². The Bertz CT molecular complexity index is 1060. The van der Waals surface area contributed by atoms with Crippen molar-refractivity contribution in [3.05, 3.63) is 62.1 Å². The Morgan fingerprint density at radius 1 is 1.26 bits per heavy atom. The molecule has 23 heavy (non-hydrogen) atoms. The van der Waals surface area contributed by atoms with Gasteiger partial charge in [0.25, 0.3) is 0 Å². The smallest absolute Gasteiger partial charge is 0.307 e. The van der Waals surface area contributed by atoms with Gasteiger partial charge in [-0.1, -0.05) is 23.3 Å². The fourth-order valence-corrected chi connectivity index (χ4v) is 2.58. The van der Waals surface area contributed by atoms with Crippen LogP contribution in [0.2, 0.25) is 0 Å². The molecule has 3 aromatic rings. The summed E-state index contributed by atoms with van der Waals surface area (Å²) in [5.74, 6) is -1.01. The summed E-state index contributed by atoms with van der Waals surface area (Å²) in [6.45, 7) is 1.68. The summed E-state index contributed by atoms with van der Waals surface area (Å²) >= 11 is 0. The van der Waals surface area contributed by atoms with E-state index in [4.69, 9.17) is 15.1 Å². The van der Waals surface area contributed by atoms with Crippen LogP contribution in [-0.4, -0.2) is 11.1 Å². The van der Waals surface area contributed by atoms with Crippen LogP contribution in [0, 0.1) is 6.92 Å². The molecule has 2 aromatic carbocycles. The summed E-state index contributed by atoms with van der Waals surface area (Å²) in [6, 6.07) is 7.94. The van der Waals surface area contributed by atoms with Gasteiger partial charge >= 0.3 is 5.97 Å². The van der Waals surface area contributed by atoms with Crippen molar-refractivity contribution in [2.45, 2.75) is 13.3 Å². The molecule has 7 heteroatoms. The van der Waals surface area contributed by atoms with Crippen molar-refractivity contribution in [2.75, 3.05) is 0 Å². The molecule has 0 radical (unpaired) electrons. The summed E-state index contributed by atoms with van der Waals surface area (Å²) in [7, 11) is 0. The number of para-hydroxylation sites is 1. The van der Waals surface area contributed by atoms with Crippen LogP contribution in [0.15, 0.2) is 44.7 Å².